The number of benzene rings is 1. The van der Waals surface area contributed by atoms with Crippen LogP contribution in [-0.2, 0) is 9.59 Å². The molecule has 23 heavy (non-hydrogen) atoms. The van der Waals surface area contributed by atoms with Crippen molar-refractivity contribution < 1.29 is 24.2 Å². The van der Waals surface area contributed by atoms with Gasteiger partial charge in [0.2, 0.25) is 5.91 Å². The van der Waals surface area contributed by atoms with E-state index >= 15 is 0 Å². The summed E-state index contributed by atoms with van der Waals surface area (Å²) in [6.45, 7) is 5.39. The monoisotopic (exact) mass is 319 g/mol. The number of rotatable bonds is 8. The smallest absolute Gasteiger partial charge is 0.326 e. The normalized spacial score (nSPS) is 11.8. The summed E-state index contributed by atoms with van der Waals surface area (Å²) >= 11 is 0. The standard InChI is InChI=1S/C17H21NO5/c1-5-10-23-14-8-6-13(11-15(14)22-4)7-9-16(19)18(3)12(2)17(20)21/h5-9,11-12H,1,10H2,2-4H3,(H,20,21). The Hall–Kier alpha value is -2.76. The number of nitrogens with zero attached hydrogens (tertiary/aromatic N) is 1. The van der Waals surface area contributed by atoms with E-state index in [1.165, 1.54) is 27.2 Å². The molecule has 0 aliphatic heterocycles. The van der Waals surface area contributed by atoms with Gasteiger partial charge in [-0.2, -0.15) is 0 Å². The second-order valence-electron chi connectivity index (χ2n) is 4.81. The maximum absolute atomic E-state index is 11.9. The summed E-state index contributed by atoms with van der Waals surface area (Å²) in [4.78, 5) is 24.0. The molecule has 1 rings (SSSR count). The molecule has 0 aliphatic rings. The SMILES string of the molecule is C=CCOc1ccc(C=CC(=O)N(C)C(C)C(=O)O)cc1OC. The molecule has 0 aliphatic carbocycles. The molecule has 0 aromatic heterocycles. The number of carbonyl (C=O) groups excluding carboxylic acids is 1. The molecule has 1 aromatic carbocycles. The first kappa shape index (κ1) is 18.3. The molecule has 1 N–H and O–H groups in total. The number of likely N-dealkylation sites (N-methyl/N-ethyl adjacent to an activating group) is 1. The van der Waals surface area contributed by atoms with Crippen molar-refractivity contribution in [3.05, 3.63) is 42.5 Å². The van der Waals surface area contributed by atoms with Gasteiger partial charge in [-0.1, -0.05) is 18.7 Å². The first-order valence-corrected chi connectivity index (χ1v) is 7.00. The Morgan fingerprint density at radius 3 is 2.65 bits per heavy atom. The van der Waals surface area contributed by atoms with Crippen molar-refractivity contribution in [3.8, 4) is 11.5 Å². The van der Waals surface area contributed by atoms with Gasteiger partial charge in [-0.05, 0) is 30.7 Å². The van der Waals surface area contributed by atoms with E-state index in [9.17, 15) is 9.59 Å². The predicted molar refractivity (Wildman–Crippen MR) is 87.6 cm³/mol. The number of hydrogen-bond acceptors (Lipinski definition) is 4. The second-order valence-corrected chi connectivity index (χ2v) is 4.81. The first-order valence-electron chi connectivity index (χ1n) is 7.00. The van der Waals surface area contributed by atoms with E-state index in [1.54, 1.807) is 30.4 Å². The molecule has 0 bridgehead atoms. The third-order valence-electron chi connectivity index (χ3n) is 3.25. The van der Waals surface area contributed by atoms with Crippen LogP contribution in [0.25, 0.3) is 6.08 Å². The maximum atomic E-state index is 11.9. The van der Waals surface area contributed by atoms with Gasteiger partial charge < -0.3 is 19.5 Å². The largest absolute Gasteiger partial charge is 0.493 e. The molecule has 0 fully saturated rings. The van der Waals surface area contributed by atoms with E-state index in [0.29, 0.717) is 18.1 Å². The molecule has 6 nitrogen and oxygen atoms in total. The average Bonchev–Trinajstić information content (AvgIpc) is 2.56. The summed E-state index contributed by atoms with van der Waals surface area (Å²) in [5.41, 5.74) is 0.734. The average molecular weight is 319 g/mol. The van der Waals surface area contributed by atoms with Crippen LogP contribution >= 0.6 is 0 Å². The Labute approximate surface area is 135 Å². The van der Waals surface area contributed by atoms with Crippen molar-refractivity contribution in [1.82, 2.24) is 4.90 Å². The van der Waals surface area contributed by atoms with E-state index in [1.807, 2.05) is 0 Å². The molecule has 124 valence electrons. The lowest BCUT2D eigenvalue weighted by molar-refractivity contribution is -0.146. The number of methoxy groups -OCH3 is 1. The van der Waals surface area contributed by atoms with Crippen LogP contribution in [0.5, 0.6) is 11.5 Å². The fourth-order valence-electron chi connectivity index (χ4n) is 1.70. The molecule has 0 radical (unpaired) electrons. The fourth-order valence-corrected chi connectivity index (χ4v) is 1.70. The predicted octanol–water partition coefficient (Wildman–Crippen LogP) is 2.20. The van der Waals surface area contributed by atoms with Crippen molar-refractivity contribution in [2.24, 2.45) is 0 Å². The van der Waals surface area contributed by atoms with E-state index in [-0.39, 0.29) is 0 Å². The summed E-state index contributed by atoms with van der Waals surface area (Å²) < 4.78 is 10.7. The van der Waals surface area contributed by atoms with Crippen molar-refractivity contribution in [3.63, 3.8) is 0 Å². The fraction of sp³-hybridized carbons (Fsp3) is 0.294. The number of ether oxygens (including phenoxy) is 2. The summed E-state index contributed by atoms with van der Waals surface area (Å²) in [6.07, 6.45) is 4.54. The Bertz CT molecular complexity index is 609. The molecule has 0 heterocycles. The number of carboxylic acid groups (broad SMARTS) is 1. The third kappa shape index (κ3) is 5.18. The van der Waals surface area contributed by atoms with Gasteiger partial charge in [0, 0.05) is 13.1 Å². The van der Waals surface area contributed by atoms with Gasteiger partial charge in [-0.3, -0.25) is 4.79 Å². The second kappa shape index (κ2) is 8.63. The lowest BCUT2D eigenvalue weighted by Crippen LogP contribution is -2.39. The molecule has 1 atom stereocenters. The first-order chi connectivity index (χ1) is 10.9. The van der Waals surface area contributed by atoms with Crippen molar-refractivity contribution in [2.75, 3.05) is 20.8 Å². The van der Waals surface area contributed by atoms with Crippen LogP contribution < -0.4 is 9.47 Å². The van der Waals surface area contributed by atoms with E-state index in [2.05, 4.69) is 6.58 Å². The maximum Gasteiger partial charge on any atom is 0.326 e. The highest BCUT2D eigenvalue weighted by molar-refractivity contribution is 5.94. The van der Waals surface area contributed by atoms with Crippen LogP contribution in [-0.4, -0.2) is 48.7 Å². The topological polar surface area (TPSA) is 76.1 Å². The number of amides is 1. The Morgan fingerprint density at radius 2 is 2.09 bits per heavy atom. The highest BCUT2D eigenvalue weighted by atomic mass is 16.5. The van der Waals surface area contributed by atoms with Crippen LogP contribution in [0.15, 0.2) is 36.9 Å². The van der Waals surface area contributed by atoms with Crippen molar-refractivity contribution >= 4 is 18.0 Å². The molecule has 1 unspecified atom stereocenters. The molecule has 0 saturated carbocycles. The van der Waals surface area contributed by atoms with Gasteiger partial charge in [-0.15, -0.1) is 0 Å². The van der Waals surface area contributed by atoms with Crippen molar-refractivity contribution in [2.45, 2.75) is 13.0 Å². The molecule has 1 aromatic rings. The van der Waals surface area contributed by atoms with Gasteiger partial charge in [0.1, 0.15) is 12.6 Å². The third-order valence-corrected chi connectivity index (χ3v) is 3.25. The highest BCUT2D eigenvalue weighted by Crippen LogP contribution is 2.28. The summed E-state index contributed by atoms with van der Waals surface area (Å²) in [5, 5.41) is 8.90. The summed E-state index contributed by atoms with van der Waals surface area (Å²) in [5.74, 6) is -0.341. The van der Waals surface area contributed by atoms with Crippen LogP contribution in [0.2, 0.25) is 0 Å². The molecule has 1 amide bonds. The van der Waals surface area contributed by atoms with E-state index in [4.69, 9.17) is 14.6 Å². The van der Waals surface area contributed by atoms with Gasteiger partial charge in [0.05, 0.1) is 7.11 Å². The van der Waals surface area contributed by atoms with E-state index < -0.39 is 17.9 Å². The zero-order chi connectivity index (χ0) is 17.4. The van der Waals surface area contributed by atoms with Crippen LogP contribution in [0.4, 0.5) is 0 Å². The molecule has 6 heteroatoms. The van der Waals surface area contributed by atoms with Gasteiger partial charge in [-0.25, -0.2) is 4.79 Å². The van der Waals surface area contributed by atoms with Crippen LogP contribution in [0.1, 0.15) is 12.5 Å². The molecular weight excluding hydrogens is 298 g/mol. The molecular formula is C17H21NO5. The number of carboxylic acids is 1. The minimum absolute atomic E-state index is 0.363. The summed E-state index contributed by atoms with van der Waals surface area (Å²) in [7, 11) is 2.97. The molecule has 0 saturated heterocycles. The zero-order valence-corrected chi connectivity index (χ0v) is 13.5. The molecule has 0 spiro atoms. The highest BCUT2D eigenvalue weighted by Gasteiger charge is 2.19. The van der Waals surface area contributed by atoms with E-state index in [0.717, 1.165) is 10.5 Å². The van der Waals surface area contributed by atoms with Gasteiger partial charge in [0.15, 0.2) is 11.5 Å². The van der Waals surface area contributed by atoms with Crippen molar-refractivity contribution in [1.29, 1.82) is 0 Å². The minimum atomic E-state index is -1.06. The number of hydrogen-bond donors (Lipinski definition) is 1. The van der Waals surface area contributed by atoms with Crippen LogP contribution in [0, 0.1) is 0 Å². The Kier molecular flexibility index (Phi) is 6.86. The summed E-state index contributed by atoms with van der Waals surface area (Å²) in [6, 6.07) is 4.33. The van der Waals surface area contributed by atoms with Crippen LogP contribution in [0.3, 0.4) is 0 Å². The Morgan fingerprint density at radius 1 is 1.39 bits per heavy atom. The lowest BCUT2D eigenvalue weighted by atomic mass is 10.2. The Balaban J connectivity index is 2.85. The quantitative estimate of drug-likeness (QED) is 0.587. The van der Waals surface area contributed by atoms with Gasteiger partial charge >= 0.3 is 5.97 Å². The number of aliphatic carboxylic acids is 1. The van der Waals surface area contributed by atoms with Gasteiger partial charge in [0.25, 0.3) is 0 Å². The lowest BCUT2D eigenvalue weighted by Gasteiger charge is -2.19. The number of carbonyl (C=O) groups is 2. The minimum Gasteiger partial charge on any atom is -0.493 e. The zero-order valence-electron chi connectivity index (χ0n) is 13.5.